The molecule has 0 amide bonds. The quantitative estimate of drug-likeness (QED) is 0.831. The molecule has 0 spiro atoms. The molecule has 1 aliphatic rings. The summed E-state index contributed by atoms with van der Waals surface area (Å²) in [4.78, 5) is 0. The van der Waals surface area contributed by atoms with Gasteiger partial charge in [0.2, 0.25) is 0 Å². The number of hydrogen-bond donors (Lipinski definition) is 1. The smallest absolute Gasteiger partial charge is 0.163 e. The Balaban J connectivity index is 2.22. The van der Waals surface area contributed by atoms with E-state index in [1.54, 1.807) is 12.1 Å². The molecular formula is C16H23F2N. The van der Waals surface area contributed by atoms with E-state index in [0.29, 0.717) is 11.5 Å². The number of rotatable bonds is 5. The van der Waals surface area contributed by atoms with Crippen LogP contribution in [-0.2, 0) is 0 Å². The van der Waals surface area contributed by atoms with Crippen molar-refractivity contribution in [2.24, 2.45) is 11.8 Å². The van der Waals surface area contributed by atoms with Gasteiger partial charge in [0.05, 0.1) is 0 Å². The van der Waals surface area contributed by atoms with E-state index >= 15 is 0 Å². The highest BCUT2D eigenvalue weighted by Crippen LogP contribution is 2.41. The number of nitrogens with one attached hydrogen (secondary N) is 1. The van der Waals surface area contributed by atoms with Crippen LogP contribution in [0.25, 0.3) is 0 Å². The lowest BCUT2D eigenvalue weighted by atomic mass is 9.90. The third-order valence-corrected chi connectivity index (χ3v) is 4.37. The highest BCUT2D eigenvalue weighted by Gasteiger charge is 2.32. The number of halogens is 2. The van der Waals surface area contributed by atoms with Crippen molar-refractivity contribution in [3.05, 3.63) is 35.4 Å². The number of hydrogen-bond acceptors (Lipinski definition) is 1. The highest BCUT2D eigenvalue weighted by molar-refractivity contribution is 5.23. The first kappa shape index (κ1) is 14.4. The van der Waals surface area contributed by atoms with E-state index in [1.165, 1.54) is 18.9 Å². The summed E-state index contributed by atoms with van der Waals surface area (Å²) >= 11 is 0. The average Bonchev–Trinajstić information content (AvgIpc) is 2.88. The predicted molar refractivity (Wildman–Crippen MR) is 73.9 cm³/mol. The fraction of sp³-hybridized carbons (Fsp3) is 0.625. The van der Waals surface area contributed by atoms with Gasteiger partial charge in [-0.1, -0.05) is 38.8 Å². The van der Waals surface area contributed by atoms with Crippen LogP contribution in [0.1, 0.15) is 51.1 Å². The molecule has 0 bridgehead atoms. The lowest BCUT2D eigenvalue weighted by Gasteiger charge is -2.25. The van der Waals surface area contributed by atoms with Crippen LogP contribution in [0.15, 0.2) is 18.2 Å². The van der Waals surface area contributed by atoms with Gasteiger partial charge >= 0.3 is 0 Å². The highest BCUT2D eigenvalue weighted by atomic mass is 19.2. The molecule has 1 N–H and O–H groups in total. The Labute approximate surface area is 114 Å². The van der Waals surface area contributed by atoms with E-state index in [1.807, 2.05) is 6.92 Å². The molecule has 1 aliphatic carbocycles. The Hall–Kier alpha value is -0.960. The zero-order chi connectivity index (χ0) is 13.8. The van der Waals surface area contributed by atoms with Crippen LogP contribution >= 0.6 is 0 Å². The zero-order valence-electron chi connectivity index (χ0n) is 11.8. The molecule has 0 saturated heterocycles. The first-order valence-electron chi connectivity index (χ1n) is 7.34. The summed E-state index contributed by atoms with van der Waals surface area (Å²) in [5.41, 5.74) is 0.489. The molecule has 2 rings (SSSR count). The third-order valence-electron chi connectivity index (χ3n) is 4.37. The van der Waals surface area contributed by atoms with Gasteiger partial charge in [0.25, 0.3) is 0 Å². The normalized spacial score (nSPS) is 24.6. The molecule has 1 aromatic carbocycles. The van der Waals surface area contributed by atoms with Crippen molar-refractivity contribution < 1.29 is 8.78 Å². The van der Waals surface area contributed by atoms with E-state index in [4.69, 9.17) is 0 Å². The second-order valence-electron chi connectivity index (χ2n) is 5.53. The van der Waals surface area contributed by atoms with Crippen molar-refractivity contribution >= 4 is 0 Å². The first-order chi connectivity index (χ1) is 9.17. The monoisotopic (exact) mass is 267 g/mol. The van der Waals surface area contributed by atoms with Crippen molar-refractivity contribution in [3.8, 4) is 0 Å². The largest absolute Gasteiger partial charge is 0.310 e. The lowest BCUT2D eigenvalue weighted by Crippen LogP contribution is -2.28. The Bertz CT molecular complexity index is 419. The zero-order valence-corrected chi connectivity index (χ0v) is 11.8. The molecule has 1 aromatic rings. The Morgan fingerprint density at radius 3 is 2.68 bits per heavy atom. The van der Waals surface area contributed by atoms with Gasteiger partial charge in [-0.25, -0.2) is 8.78 Å². The molecule has 0 heterocycles. The van der Waals surface area contributed by atoms with Crippen LogP contribution in [0.3, 0.4) is 0 Å². The van der Waals surface area contributed by atoms with Gasteiger partial charge in [0.1, 0.15) is 0 Å². The molecule has 19 heavy (non-hydrogen) atoms. The molecule has 3 unspecified atom stereocenters. The summed E-state index contributed by atoms with van der Waals surface area (Å²) in [6, 6.07) is 4.44. The van der Waals surface area contributed by atoms with Gasteiger partial charge in [0, 0.05) is 11.6 Å². The molecule has 0 radical (unpaired) electrons. The van der Waals surface area contributed by atoms with Gasteiger partial charge < -0.3 is 5.32 Å². The summed E-state index contributed by atoms with van der Waals surface area (Å²) in [6.45, 7) is 4.99. The first-order valence-corrected chi connectivity index (χ1v) is 7.34. The maximum absolute atomic E-state index is 14.0. The Kier molecular flexibility index (Phi) is 4.92. The van der Waals surface area contributed by atoms with E-state index in [9.17, 15) is 8.78 Å². The van der Waals surface area contributed by atoms with Gasteiger partial charge in [-0.3, -0.25) is 0 Å². The van der Waals surface area contributed by atoms with Crippen LogP contribution in [0.5, 0.6) is 0 Å². The van der Waals surface area contributed by atoms with Crippen LogP contribution < -0.4 is 5.32 Å². The maximum atomic E-state index is 14.0. The Morgan fingerprint density at radius 2 is 2.05 bits per heavy atom. The molecule has 1 fully saturated rings. The topological polar surface area (TPSA) is 12.0 Å². The fourth-order valence-corrected chi connectivity index (χ4v) is 3.30. The SMILES string of the molecule is CCNC(c1cccc(F)c1F)C1CCC(CC)C1. The minimum atomic E-state index is -0.745. The summed E-state index contributed by atoms with van der Waals surface area (Å²) in [7, 11) is 0. The van der Waals surface area contributed by atoms with Crippen molar-refractivity contribution in [3.63, 3.8) is 0 Å². The van der Waals surface area contributed by atoms with Gasteiger partial charge in [-0.15, -0.1) is 0 Å². The summed E-state index contributed by atoms with van der Waals surface area (Å²) in [6.07, 6.45) is 4.61. The summed E-state index contributed by atoms with van der Waals surface area (Å²) < 4.78 is 27.4. The second-order valence-corrected chi connectivity index (χ2v) is 5.53. The second kappa shape index (κ2) is 6.47. The summed E-state index contributed by atoms with van der Waals surface area (Å²) in [5, 5.41) is 3.35. The van der Waals surface area contributed by atoms with E-state index in [0.717, 1.165) is 25.3 Å². The maximum Gasteiger partial charge on any atom is 0.163 e. The molecule has 0 aliphatic heterocycles. The standard InChI is InChI=1S/C16H23F2N/c1-3-11-8-9-12(10-11)16(19-4-2)13-6-5-7-14(17)15(13)18/h5-7,11-12,16,19H,3-4,8-10H2,1-2H3. The molecule has 3 heteroatoms. The predicted octanol–water partition coefficient (Wildman–Crippen LogP) is 4.44. The minimum absolute atomic E-state index is 0.0581. The van der Waals surface area contributed by atoms with Crippen molar-refractivity contribution in [1.29, 1.82) is 0 Å². The van der Waals surface area contributed by atoms with Crippen LogP contribution in [0.2, 0.25) is 0 Å². The lowest BCUT2D eigenvalue weighted by molar-refractivity contribution is 0.345. The average molecular weight is 267 g/mol. The van der Waals surface area contributed by atoms with E-state index < -0.39 is 11.6 Å². The van der Waals surface area contributed by atoms with Crippen LogP contribution in [0.4, 0.5) is 8.78 Å². The van der Waals surface area contributed by atoms with Gasteiger partial charge in [-0.05, 0) is 37.3 Å². The van der Waals surface area contributed by atoms with Crippen LogP contribution in [0, 0.1) is 23.5 Å². The van der Waals surface area contributed by atoms with Crippen LogP contribution in [-0.4, -0.2) is 6.54 Å². The summed E-state index contributed by atoms with van der Waals surface area (Å²) in [5.74, 6) is -0.275. The molecular weight excluding hydrogens is 244 g/mol. The van der Waals surface area contributed by atoms with Gasteiger partial charge in [0.15, 0.2) is 11.6 Å². The van der Waals surface area contributed by atoms with E-state index in [2.05, 4.69) is 12.2 Å². The molecule has 3 atom stereocenters. The molecule has 0 aromatic heterocycles. The van der Waals surface area contributed by atoms with E-state index in [-0.39, 0.29) is 6.04 Å². The molecule has 1 saturated carbocycles. The Morgan fingerprint density at radius 1 is 1.26 bits per heavy atom. The minimum Gasteiger partial charge on any atom is -0.310 e. The fourth-order valence-electron chi connectivity index (χ4n) is 3.30. The van der Waals surface area contributed by atoms with Crippen molar-refractivity contribution in [1.82, 2.24) is 5.32 Å². The third kappa shape index (κ3) is 3.14. The number of benzene rings is 1. The molecule has 106 valence electrons. The van der Waals surface area contributed by atoms with Crippen molar-refractivity contribution in [2.45, 2.75) is 45.6 Å². The van der Waals surface area contributed by atoms with Gasteiger partial charge in [-0.2, -0.15) is 0 Å². The van der Waals surface area contributed by atoms with Crippen molar-refractivity contribution in [2.75, 3.05) is 6.54 Å². The molecule has 1 nitrogen and oxygen atoms in total.